The van der Waals surface area contributed by atoms with Crippen molar-refractivity contribution in [3.05, 3.63) is 0 Å². The van der Waals surface area contributed by atoms with E-state index < -0.39 is 12.1 Å². The SMILES string of the molecule is CCCCCCCCCCCCCCCCCC(=O)OC(=O)O.[MgH2].[MgH2]. The molecule has 0 saturated carbocycles. The number of rotatable bonds is 16. The van der Waals surface area contributed by atoms with Crippen LogP contribution in [0.4, 0.5) is 4.79 Å². The Labute approximate surface area is 186 Å². The Bertz CT molecular complexity index is 299. The lowest BCUT2D eigenvalue weighted by molar-refractivity contribution is -0.139. The average Bonchev–Trinajstić information content (AvgIpc) is 2.50. The van der Waals surface area contributed by atoms with E-state index in [4.69, 9.17) is 5.11 Å². The molecule has 0 aromatic rings. The van der Waals surface area contributed by atoms with Crippen molar-refractivity contribution in [3.8, 4) is 0 Å². The van der Waals surface area contributed by atoms with Gasteiger partial charge in [0.15, 0.2) is 0 Å². The fourth-order valence-electron chi connectivity index (χ4n) is 2.79. The third-order valence-electron chi connectivity index (χ3n) is 4.19. The minimum atomic E-state index is -1.50. The highest BCUT2D eigenvalue weighted by molar-refractivity contribution is 5.80. The van der Waals surface area contributed by atoms with Crippen LogP contribution in [-0.4, -0.2) is 63.3 Å². The summed E-state index contributed by atoms with van der Waals surface area (Å²) in [7, 11) is 0. The van der Waals surface area contributed by atoms with Crippen LogP contribution in [0.5, 0.6) is 0 Å². The molecule has 6 heteroatoms. The normalized spacial score (nSPS) is 9.80. The number of carbonyl (C=O) groups excluding carboxylic acids is 1. The summed E-state index contributed by atoms with van der Waals surface area (Å²) in [6.45, 7) is 2.26. The van der Waals surface area contributed by atoms with Crippen LogP contribution in [0.1, 0.15) is 110 Å². The molecule has 0 radical (unpaired) electrons. The molecule has 0 aromatic carbocycles. The van der Waals surface area contributed by atoms with Gasteiger partial charge in [0.25, 0.3) is 0 Å². The lowest BCUT2D eigenvalue weighted by Crippen LogP contribution is -2.09. The maximum Gasteiger partial charge on any atom is 0.513 e. The minimum absolute atomic E-state index is 0. The first kappa shape index (κ1) is 30.2. The number of hydrogen-bond acceptors (Lipinski definition) is 3. The molecule has 0 amide bonds. The Morgan fingerprint density at radius 1 is 0.640 bits per heavy atom. The Balaban J connectivity index is -0.00000242. The van der Waals surface area contributed by atoms with Crippen LogP contribution in [0, 0.1) is 0 Å². The van der Waals surface area contributed by atoms with Gasteiger partial charge >= 0.3 is 58.2 Å². The summed E-state index contributed by atoms with van der Waals surface area (Å²) in [5, 5.41) is 8.27. The molecule has 0 saturated heterocycles. The van der Waals surface area contributed by atoms with Gasteiger partial charge in [-0.15, -0.1) is 0 Å². The van der Waals surface area contributed by atoms with Crippen LogP contribution in [0.25, 0.3) is 0 Å². The smallest absolute Gasteiger partial charge is 0.449 e. The number of esters is 1. The van der Waals surface area contributed by atoms with E-state index in [0.717, 1.165) is 19.3 Å². The monoisotopic (exact) mass is 380 g/mol. The van der Waals surface area contributed by atoms with Crippen molar-refractivity contribution in [3.63, 3.8) is 0 Å². The van der Waals surface area contributed by atoms with Gasteiger partial charge in [0.1, 0.15) is 0 Å². The Hall–Kier alpha value is 0.472. The number of unbranched alkanes of at least 4 members (excludes halogenated alkanes) is 14. The number of carbonyl (C=O) groups is 2. The molecule has 0 bridgehead atoms. The van der Waals surface area contributed by atoms with Crippen molar-refractivity contribution < 1.29 is 19.4 Å². The largest absolute Gasteiger partial charge is 0.513 e. The van der Waals surface area contributed by atoms with Crippen LogP contribution >= 0.6 is 0 Å². The molecule has 0 aliphatic heterocycles. The van der Waals surface area contributed by atoms with Crippen molar-refractivity contribution in [2.24, 2.45) is 0 Å². The van der Waals surface area contributed by atoms with Crippen molar-refractivity contribution in [2.45, 2.75) is 110 Å². The first-order valence-electron chi connectivity index (χ1n) is 9.60. The van der Waals surface area contributed by atoms with Crippen molar-refractivity contribution in [1.29, 1.82) is 0 Å². The fourth-order valence-corrected chi connectivity index (χ4v) is 2.79. The van der Waals surface area contributed by atoms with Gasteiger partial charge < -0.3 is 9.84 Å². The summed E-state index contributed by atoms with van der Waals surface area (Å²) >= 11 is 0. The van der Waals surface area contributed by atoms with Gasteiger partial charge in [-0.25, -0.2) is 4.79 Å². The van der Waals surface area contributed by atoms with E-state index in [-0.39, 0.29) is 52.5 Å². The standard InChI is InChI=1S/C19H36O4.2Mg.4H/c1-2-3-4-5-6-7-8-9-10-11-12-13-14-15-16-17-18(20)23-19(21)22;;;;;;/h2-17H2,1H3,(H,21,22);;;;;;. The highest BCUT2D eigenvalue weighted by Gasteiger charge is 2.07. The molecule has 0 aromatic heterocycles. The number of hydrogen-bond donors (Lipinski definition) is 1. The highest BCUT2D eigenvalue weighted by atomic mass is 24.3. The molecular formula is C19H40Mg2O4. The molecule has 0 spiro atoms. The Morgan fingerprint density at radius 2 is 0.960 bits per heavy atom. The van der Waals surface area contributed by atoms with Gasteiger partial charge in [-0.05, 0) is 6.42 Å². The lowest BCUT2D eigenvalue weighted by Gasteiger charge is -2.03. The minimum Gasteiger partial charge on any atom is -0.449 e. The zero-order valence-corrected chi connectivity index (χ0v) is 15.0. The molecule has 0 fully saturated rings. The van der Waals surface area contributed by atoms with Gasteiger partial charge in [-0.1, -0.05) is 96.8 Å². The third-order valence-corrected chi connectivity index (χ3v) is 4.19. The molecule has 144 valence electrons. The van der Waals surface area contributed by atoms with Gasteiger partial charge in [0.05, 0.1) is 0 Å². The second kappa shape index (κ2) is 24.5. The zero-order chi connectivity index (χ0) is 17.2. The molecule has 4 nitrogen and oxygen atoms in total. The van der Waals surface area contributed by atoms with Crippen LogP contribution in [0.3, 0.4) is 0 Å². The van der Waals surface area contributed by atoms with Crippen LogP contribution in [0.2, 0.25) is 0 Å². The summed E-state index contributed by atoms with van der Waals surface area (Å²) in [4.78, 5) is 21.1. The van der Waals surface area contributed by atoms with Crippen LogP contribution in [0.15, 0.2) is 0 Å². The molecule has 25 heavy (non-hydrogen) atoms. The third kappa shape index (κ3) is 26.8. The van der Waals surface area contributed by atoms with Gasteiger partial charge in [-0.2, -0.15) is 0 Å². The molecule has 0 unspecified atom stereocenters. The summed E-state index contributed by atoms with van der Waals surface area (Å²) in [5.74, 6) is -0.632. The van der Waals surface area contributed by atoms with Crippen molar-refractivity contribution in [1.82, 2.24) is 0 Å². The first-order chi connectivity index (χ1) is 11.2. The van der Waals surface area contributed by atoms with E-state index >= 15 is 0 Å². The highest BCUT2D eigenvalue weighted by Crippen LogP contribution is 2.13. The number of ether oxygens (including phenoxy) is 1. The van der Waals surface area contributed by atoms with Gasteiger partial charge in [-0.3, -0.25) is 4.79 Å². The molecule has 1 N–H and O–H groups in total. The molecule has 0 heterocycles. The predicted molar refractivity (Wildman–Crippen MR) is 111 cm³/mol. The summed E-state index contributed by atoms with van der Waals surface area (Å²) in [6, 6.07) is 0. The fraction of sp³-hybridized carbons (Fsp3) is 0.895. The second-order valence-electron chi connectivity index (χ2n) is 6.44. The van der Waals surface area contributed by atoms with Crippen molar-refractivity contribution >= 4 is 58.2 Å². The molecule has 0 aliphatic rings. The molecule has 0 atom stereocenters. The molecule has 0 rings (SSSR count). The first-order valence-corrected chi connectivity index (χ1v) is 9.60. The summed E-state index contributed by atoms with van der Waals surface area (Å²) in [6.07, 6.45) is 17.8. The van der Waals surface area contributed by atoms with Crippen LogP contribution in [-0.2, 0) is 9.53 Å². The lowest BCUT2D eigenvalue weighted by atomic mass is 10.0. The van der Waals surface area contributed by atoms with E-state index in [1.54, 1.807) is 0 Å². The number of carboxylic acid groups (broad SMARTS) is 1. The maximum atomic E-state index is 11.0. The average molecular weight is 381 g/mol. The molecule has 0 aliphatic carbocycles. The van der Waals surface area contributed by atoms with E-state index in [1.165, 1.54) is 77.0 Å². The maximum absolute atomic E-state index is 11.0. The zero-order valence-electron chi connectivity index (χ0n) is 15.0. The van der Waals surface area contributed by atoms with E-state index in [1.807, 2.05) is 0 Å². The van der Waals surface area contributed by atoms with Crippen molar-refractivity contribution in [2.75, 3.05) is 0 Å². The van der Waals surface area contributed by atoms with Gasteiger partial charge in [0.2, 0.25) is 0 Å². The van der Waals surface area contributed by atoms with E-state index in [9.17, 15) is 9.59 Å². The summed E-state index contributed by atoms with van der Waals surface area (Å²) in [5.41, 5.74) is 0. The second-order valence-corrected chi connectivity index (χ2v) is 6.44. The Kier molecular flexibility index (Phi) is 29.6. The predicted octanol–water partition coefficient (Wildman–Crippen LogP) is 4.64. The molecular weight excluding hydrogens is 341 g/mol. The van der Waals surface area contributed by atoms with Gasteiger partial charge in [0, 0.05) is 6.42 Å². The van der Waals surface area contributed by atoms with E-state index in [2.05, 4.69) is 11.7 Å². The summed E-state index contributed by atoms with van der Waals surface area (Å²) < 4.78 is 4.05. The Morgan fingerprint density at radius 3 is 1.28 bits per heavy atom. The van der Waals surface area contributed by atoms with E-state index in [0.29, 0.717) is 0 Å². The van der Waals surface area contributed by atoms with Crippen LogP contribution < -0.4 is 0 Å². The topological polar surface area (TPSA) is 63.6 Å². The quantitative estimate of drug-likeness (QED) is 0.183.